The lowest BCUT2D eigenvalue weighted by molar-refractivity contribution is -0.111. The molecule has 0 unspecified atom stereocenters. The van der Waals surface area contributed by atoms with Crippen molar-refractivity contribution in [2.45, 2.75) is 13.5 Å². The van der Waals surface area contributed by atoms with E-state index in [-0.39, 0.29) is 11.5 Å². The maximum atomic E-state index is 12.6. The molecule has 2 rings (SSSR count). The van der Waals surface area contributed by atoms with Gasteiger partial charge in [-0.1, -0.05) is 12.1 Å². The van der Waals surface area contributed by atoms with Crippen LogP contribution in [0.1, 0.15) is 11.1 Å². The summed E-state index contributed by atoms with van der Waals surface area (Å²) >= 11 is 0. The van der Waals surface area contributed by atoms with Crippen molar-refractivity contribution in [1.82, 2.24) is 4.98 Å². The van der Waals surface area contributed by atoms with Gasteiger partial charge in [0, 0.05) is 17.8 Å². The van der Waals surface area contributed by atoms with Crippen molar-refractivity contribution in [1.29, 1.82) is 0 Å². The average Bonchev–Trinajstić information content (AvgIpc) is 2.53. The zero-order valence-corrected chi connectivity index (χ0v) is 13.1. The van der Waals surface area contributed by atoms with Crippen molar-refractivity contribution >= 4 is 17.8 Å². The van der Waals surface area contributed by atoms with Crippen LogP contribution in [-0.2, 0) is 4.79 Å². The van der Waals surface area contributed by atoms with Gasteiger partial charge >= 0.3 is 6.61 Å². The Balaban J connectivity index is 2.17. The van der Waals surface area contributed by atoms with E-state index >= 15 is 0 Å². The number of methoxy groups -OCH3 is 1. The minimum Gasteiger partial charge on any atom is -0.493 e. The largest absolute Gasteiger partial charge is 0.493 e. The van der Waals surface area contributed by atoms with Crippen LogP contribution in [0.5, 0.6) is 11.5 Å². The van der Waals surface area contributed by atoms with Gasteiger partial charge in [0.25, 0.3) is 0 Å². The number of anilines is 1. The predicted molar refractivity (Wildman–Crippen MR) is 86.3 cm³/mol. The van der Waals surface area contributed by atoms with E-state index in [1.807, 2.05) is 6.92 Å². The minimum absolute atomic E-state index is 0.132. The second-order valence-corrected chi connectivity index (χ2v) is 4.80. The Morgan fingerprint density at radius 2 is 2.12 bits per heavy atom. The lowest BCUT2D eigenvalue weighted by atomic mass is 10.1. The molecule has 0 aliphatic carbocycles. The number of hydrogen-bond acceptors (Lipinski definition) is 4. The lowest BCUT2D eigenvalue weighted by Gasteiger charge is -2.12. The van der Waals surface area contributed by atoms with Crippen LogP contribution >= 0.6 is 0 Å². The Hall–Kier alpha value is -2.96. The van der Waals surface area contributed by atoms with Gasteiger partial charge in [0.05, 0.1) is 7.11 Å². The van der Waals surface area contributed by atoms with Gasteiger partial charge in [-0.2, -0.15) is 8.78 Å². The fourth-order valence-corrected chi connectivity index (χ4v) is 1.98. The molecule has 1 amide bonds. The molecule has 0 aliphatic heterocycles. The number of amides is 1. The van der Waals surface area contributed by atoms with E-state index in [1.54, 1.807) is 24.4 Å². The van der Waals surface area contributed by atoms with Gasteiger partial charge in [0.15, 0.2) is 11.5 Å². The van der Waals surface area contributed by atoms with Crippen LogP contribution in [0.3, 0.4) is 0 Å². The van der Waals surface area contributed by atoms with E-state index in [4.69, 9.17) is 4.74 Å². The second-order valence-electron chi connectivity index (χ2n) is 4.80. The van der Waals surface area contributed by atoms with Crippen LogP contribution in [-0.4, -0.2) is 24.6 Å². The van der Waals surface area contributed by atoms with Crippen LogP contribution in [0.2, 0.25) is 0 Å². The van der Waals surface area contributed by atoms with Crippen LogP contribution in [0.4, 0.5) is 14.6 Å². The molecule has 24 heavy (non-hydrogen) atoms. The summed E-state index contributed by atoms with van der Waals surface area (Å²) in [5.74, 6) is -0.0239. The number of pyridine rings is 1. The molecule has 1 heterocycles. The first-order valence-corrected chi connectivity index (χ1v) is 7.03. The number of para-hydroxylation sites is 1. The summed E-state index contributed by atoms with van der Waals surface area (Å²) in [7, 11) is 1.34. The third kappa shape index (κ3) is 4.77. The third-order valence-corrected chi connectivity index (χ3v) is 3.02. The van der Waals surface area contributed by atoms with Crippen LogP contribution < -0.4 is 14.8 Å². The molecule has 0 aliphatic rings. The first-order chi connectivity index (χ1) is 11.5. The highest BCUT2D eigenvalue weighted by atomic mass is 19.3. The molecule has 0 spiro atoms. The Morgan fingerprint density at radius 3 is 2.79 bits per heavy atom. The molecule has 0 fully saturated rings. The first kappa shape index (κ1) is 17.4. The Labute approximate surface area is 137 Å². The SMILES string of the molecule is COc1cccc(/C=C/C(=O)Nc2cc(C)ccn2)c1OC(F)F. The maximum absolute atomic E-state index is 12.6. The molecule has 126 valence electrons. The van der Waals surface area contributed by atoms with Crippen molar-refractivity contribution in [3.8, 4) is 11.5 Å². The van der Waals surface area contributed by atoms with Crippen molar-refractivity contribution in [2.75, 3.05) is 12.4 Å². The zero-order chi connectivity index (χ0) is 17.5. The molecule has 1 aromatic carbocycles. The molecule has 0 atom stereocenters. The molecular weight excluding hydrogens is 318 g/mol. The predicted octanol–water partition coefficient (Wildman–Crippen LogP) is 3.65. The van der Waals surface area contributed by atoms with Crippen LogP contribution in [0.15, 0.2) is 42.6 Å². The zero-order valence-electron chi connectivity index (χ0n) is 13.1. The number of nitrogens with one attached hydrogen (secondary N) is 1. The molecule has 1 N–H and O–H groups in total. The molecule has 0 radical (unpaired) electrons. The molecule has 7 heteroatoms. The van der Waals surface area contributed by atoms with Crippen molar-refractivity contribution in [3.63, 3.8) is 0 Å². The highest BCUT2D eigenvalue weighted by Gasteiger charge is 2.14. The van der Waals surface area contributed by atoms with Gasteiger partial charge < -0.3 is 14.8 Å². The summed E-state index contributed by atoms with van der Waals surface area (Å²) in [6, 6.07) is 8.15. The molecule has 0 saturated heterocycles. The number of rotatable bonds is 6. The van der Waals surface area contributed by atoms with E-state index in [9.17, 15) is 13.6 Å². The molecule has 0 bridgehead atoms. The fourth-order valence-electron chi connectivity index (χ4n) is 1.98. The summed E-state index contributed by atoms with van der Waals surface area (Å²) in [4.78, 5) is 15.9. The van der Waals surface area contributed by atoms with Gasteiger partial charge in [0.1, 0.15) is 5.82 Å². The topological polar surface area (TPSA) is 60.5 Å². The summed E-state index contributed by atoms with van der Waals surface area (Å²) in [5, 5.41) is 2.58. The molecule has 2 aromatic rings. The molecule has 0 saturated carbocycles. The van der Waals surface area contributed by atoms with Gasteiger partial charge in [-0.15, -0.1) is 0 Å². The van der Waals surface area contributed by atoms with Gasteiger partial charge in [-0.3, -0.25) is 4.79 Å². The van der Waals surface area contributed by atoms with E-state index in [0.29, 0.717) is 11.4 Å². The van der Waals surface area contributed by atoms with Crippen molar-refractivity contribution < 1.29 is 23.0 Å². The number of aryl methyl sites for hydroxylation is 1. The van der Waals surface area contributed by atoms with Crippen molar-refractivity contribution in [2.24, 2.45) is 0 Å². The summed E-state index contributed by atoms with van der Waals surface area (Å²) < 4.78 is 34.6. The number of aromatic nitrogens is 1. The molecule has 5 nitrogen and oxygen atoms in total. The van der Waals surface area contributed by atoms with E-state index in [2.05, 4.69) is 15.0 Å². The summed E-state index contributed by atoms with van der Waals surface area (Å²) in [6.45, 7) is -1.13. The van der Waals surface area contributed by atoms with Gasteiger partial charge in [0.2, 0.25) is 5.91 Å². The number of carbonyl (C=O) groups is 1. The van der Waals surface area contributed by atoms with E-state index in [0.717, 1.165) is 5.56 Å². The minimum atomic E-state index is -3.00. The summed E-state index contributed by atoms with van der Waals surface area (Å²) in [6.07, 6.45) is 4.15. The fraction of sp³-hybridized carbons (Fsp3) is 0.176. The highest BCUT2D eigenvalue weighted by Crippen LogP contribution is 2.33. The average molecular weight is 334 g/mol. The van der Waals surface area contributed by atoms with E-state index in [1.165, 1.54) is 31.4 Å². The van der Waals surface area contributed by atoms with Gasteiger partial charge in [-0.25, -0.2) is 4.98 Å². The number of halogens is 2. The van der Waals surface area contributed by atoms with Crippen molar-refractivity contribution in [3.05, 3.63) is 53.7 Å². The quantitative estimate of drug-likeness (QED) is 0.819. The monoisotopic (exact) mass is 334 g/mol. The number of benzene rings is 1. The Morgan fingerprint density at radius 1 is 1.33 bits per heavy atom. The van der Waals surface area contributed by atoms with Crippen LogP contribution in [0.25, 0.3) is 6.08 Å². The Bertz CT molecular complexity index is 748. The second kappa shape index (κ2) is 8.05. The normalized spacial score (nSPS) is 10.9. The molecule has 1 aromatic heterocycles. The number of hydrogen-bond donors (Lipinski definition) is 1. The maximum Gasteiger partial charge on any atom is 0.387 e. The van der Waals surface area contributed by atoms with Crippen LogP contribution in [0, 0.1) is 6.92 Å². The number of alkyl halides is 2. The number of nitrogens with zero attached hydrogens (tertiary/aromatic N) is 1. The Kier molecular flexibility index (Phi) is 5.83. The highest BCUT2D eigenvalue weighted by molar-refractivity contribution is 6.01. The molecular formula is C17H16F2N2O3. The third-order valence-electron chi connectivity index (χ3n) is 3.02. The standard InChI is InChI=1S/C17H16F2N2O3/c1-11-8-9-20-14(10-11)21-15(22)7-6-12-4-3-5-13(23-2)16(12)24-17(18)19/h3-10,17H,1-2H3,(H,20,21,22)/b7-6+. The first-order valence-electron chi connectivity index (χ1n) is 7.03. The van der Waals surface area contributed by atoms with Gasteiger partial charge in [-0.05, 0) is 36.8 Å². The lowest BCUT2D eigenvalue weighted by Crippen LogP contribution is -2.09. The number of carbonyl (C=O) groups excluding carboxylic acids is 1. The van der Waals surface area contributed by atoms with E-state index < -0.39 is 12.5 Å². The number of ether oxygens (including phenoxy) is 2. The smallest absolute Gasteiger partial charge is 0.387 e. The summed E-state index contributed by atoms with van der Waals surface area (Å²) in [5.41, 5.74) is 1.24.